The van der Waals surface area contributed by atoms with Gasteiger partial charge < -0.3 is 15.2 Å². The summed E-state index contributed by atoms with van der Waals surface area (Å²) in [6.07, 6.45) is 9.14. The Bertz CT molecular complexity index is 1030. The number of anilines is 1. The van der Waals surface area contributed by atoms with Gasteiger partial charge in [-0.1, -0.05) is 0 Å². The second-order valence-corrected chi connectivity index (χ2v) is 9.26. The van der Waals surface area contributed by atoms with Crippen LogP contribution in [0.3, 0.4) is 0 Å². The van der Waals surface area contributed by atoms with Crippen LogP contribution in [-0.4, -0.2) is 65.0 Å². The van der Waals surface area contributed by atoms with Crippen molar-refractivity contribution in [2.45, 2.75) is 56.9 Å². The number of amides is 1. The van der Waals surface area contributed by atoms with E-state index in [1.165, 1.54) is 0 Å². The number of carbonyl (C=O) groups is 1. The summed E-state index contributed by atoms with van der Waals surface area (Å²) < 4.78 is 0. The van der Waals surface area contributed by atoms with E-state index in [1.54, 1.807) is 19.3 Å². The Balaban J connectivity index is 1.18. The van der Waals surface area contributed by atoms with E-state index in [0.717, 1.165) is 93.9 Å². The molecule has 1 aliphatic carbocycles. The van der Waals surface area contributed by atoms with Crippen LogP contribution in [0.5, 0.6) is 0 Å². The molecule has 32 heavy (non-hydrogen) atoms. The average Bonchev–Trinajstić information content (AvgIpc) is 3.34. The molecule has 3 aliphatic rings. The van der Waals surface area contributed by atoms with Crippen LogP contribution in [0.15, 0.2) is 23.1 Å². The van der Waals surface area contributed by atoms with Gasteiger partial charge in [0.2, 0.25) is 0 Å². The van der Waals surface area contributed by atoms with Gasteiger partial charge in [0.1, 0.15) is 11.5 Å². The molecule has 1 unspecified atom stereocenters. The molecule has 2 N–H and O–H groups in total. The first-order valence-corrected chi connectivity index (χ1v) is 11.9. The third-order valence-electron chi connectivity index (χ3n) is 7.37. The molecule has 2 aromatic rings. The second kappa shape index (κ2) is 9.02. The third-order valence-corrected chi connectivity index (χ3v) is 7.37. The fourth-order valence-corrected chi connectivity index (χ4v) is 5.48. The maximum Gasteiger partial charge on any atom is 0.269 e. The molecule has 2 saturated heterocycles. The van der Waals surface area contributed by atoms with Crippen molar-refractivity contribution in [1.82, 2.24) is 25.2 Å². The van der Waals surface area contributed by atoms with Gasteiger partial charge in [-0.3, -0.25) is 14.5 Å². The number of H-pyrrole nitrogens is 1. The number of hydrogen-bond donors (Lipinski definition) is 2. The van der Waals surface area contributed by atoms with E-state index < -0.39 is 0 Å². The Morgan fingerprint density at radius 2 is 1.94 bits per heavy atom. The summed E-state index contributed by atoms with van der Waals surface area (Å²) in [5.41, 5.74) is 3.57. The van der Waals surface area contributed by atoms with Crippen LogP contribution in [0.1, 0.15) is 65.6 Å². The minimum atomic E-state index is -0.159. The number of aromatic nitrogens is 3. The predicted molar refractivity (Wildman–Crippen MR) is 123 cm³/mol. The van der Waals surface area contributed by atoms with E-state index in [-0.39, 0.29) is 11.5 Å². The standard InChI is InChI=1S/C24H32N6O2/c1-25-24(32)21-7-6-18(14-26-21)29-12-9-17(10-13-29)30-11-8-16(15-30)22-27-20-5-3-2-4-19(20)23(31)28-22/h6-7,14,16-17H,2-5,8-13,15H2,1H3,(H,25,32)(H,27,28,31). The number of hydrogen-bond acceptors (Lipinski definition) is 6. The first-order valence-electron chi connectivity index (χ1n) is 11.9. The van der Waals surface area contributed by atoms with Crippen LogP contribution in [0, 0.1) is 0 Å². The molecule has 0 spiro atoms. The van der Waals surface area contributed by atoms with Gasteiger partial charge in [-0.05, 0) is 63.6 Å². The fourth-order valence-electron chi connectivity index (χ4n) is 5.48. The molecule has 8 heteroatoms. The molecule has 0 aromatic carbocycles. The molecule has 8 nitrogen and oxygen atoms in total. The number of nitrogens with zero attached hydrogens (tertiary/aromatic N) is 4. The van der Waals surface area contributed by atoms with Crippen molar-refractivity contribution in [3.8, 4) is 0 Å². The molecule has 0 saturated carbocycles. The minimum Gasteiger partial charge on any atom is -0.370 e. The molecule has 2 fully saturated rings. The van der Waals surface area contributed by atoms with Crippen LogP contribution in [0.25, 0.3) is 0 Å². The molecule has 1 amide bonds. The van der Waals surface area contributed by atoms with Crippen molar-refractivity contribution in [1.29, 1.82) is 0 Å². The van der Waals surface area contributed by atoms with Crippen LogP contribution >= 0.6 is 0 Å². The minimum absolute atomic E-state index is 0.0903. The van der Waals surface area contributed by atoms with Gasteiger partial charge in [0.25, 0.3) is 11.5 Å². The first-order chi connectivity index (χ1) is 15.6. The highest BCUT2D eigenvalue weighted by Gasteiger charge is 2.33. The van der Waals surface area contributed by atoms with Gasteiger partial charge in [0, 0.05) is 44.2 Å². The van der Waals surface area contributed by atoms with Crippen molar-refractivity contribution < 1.29 is 4.79 Å². The Hall–Kier alpha value is -2.74. The highest BCUT2D eigenvalue weighted by molar-refractivity contribution is 5.92. The number of piperidine rings is 1. The third kappa shape index (κ3) is 4.16. The van der Waals surface area contributed by atoms with E-state index in [9.17, 15) is 9.59 Å². The number of aromatic amines is 1. The van der Waals surface area contributed by atoms with Crippen molar-refractivity contribution in [2.24, 2.45) is 0 Å². The number of fused-ring (bicyclic) bond motifs is 1. The summed E-state index contributed by atoms with van der Waals surface area (Å²) in [5, 5.41) is 2.61. The summed E-state index contributed by atoms with van der Waals surface area (Å²) in [5.74, 6) is 1.07. The lowest BCUT2D eigenvalue weighted by Crippen LogP contribution is -2.44. The van der Waals surface area contributed by atoms with E-state index in [0.29, 0.717) is 17.7 Å². The van der Waals surface area contributed by atoms with E-state index in [2.05, 4.69) is 25.1 Å². The van der Waals surface area contributed by atoms with Gasteiger partial charge in [0.05, 0.1) is 17.6 Å². The normalized spacial score (nSPS) is 22.0. The number of likely N-dealkylation sites (tertiary alicyclic amines) is 1. The molecule has 170 valence electrons. The lowest BCUT2D eigenvalue weighted by atomic mass is 9.96. The quantitative estimate of drug-likeness (QED) is 0.760. The Labute approximate surface area is 188 Å². The van der Waals surface area contributed by atoms with Gasteiger partial charge in [-0.15, -0.1) is 0 Å². The molecular formula is C24H32N6O2. The topological polar surface area (TPSA) is 94.2 Å². The highest BCUT2D eigenvalue weighted by atomic mass is 16.1. The van der Waals surface area contributed by atoms with Crippen LogP contribution in [0.2, 0.25) is 0 Å². The fraction of sp³-hybridized carbons (Fsp3) is 0.583. The molecule has 5 rings (SSSR count). The van der Waals surface area contributed by atoms with Crippen LogP contribution < -0.4 is 15.8 Å². The van der Waals surface area contributed by atoms with Gasteiger partial charge in [-0.2, -0.15) is 0 Å². The van der Waals surface area contributed by atoms with Crippen LogP contribution in [0.4, 0.5) is 5.69 Å². The maximum atomic E-state index is 12.5. The van der Waals surface area contributed by atoms with E-state index in [4.69, 9.17) is 4.98 Å². The Kier molecular flexibility index (Phi) is 5.95. The lowest BCUT2D eigenvalue weighted by Gasteiger charge is -2.37. The van der Waals surface area contributed by atoms with E-state index >= 15 is 0 Å². The second-order valence-electron chi connectivity index (χ2n) is 9.26. The number of carbonyl (C=O) groups excluding carboxylic acids is 1. The number of aryl methyl sites for hydroxylation is 1. The molecule has 1 atom stereocenters. The average molecular weight is 437 g/mol. The van der Waals surface area contributed by atoms with Gasteiger partial charge in [0.15, 0.2) is 0 Å². The summed E-state index contributed by atoms with van der Waals surface area (Å²) in [6.45, 7) is 4.02. The molecule has 4 heterocycles. The monoisotopic (exact) mass is 436 g/mol. The highest BCUT2D eigenvalue weighted by Crippen LogP contribution is 2.31. The zero-order valence-electron chi connectivity index (χ0n) is 18.8. The first kappa shape index (κ1) is 21.1. The Morgan fingerprint density at radius 3 is 2.69 bits per heavy atom. The molecule has 2 aliphatic heterocycles. The largest absolute Gasteiger partial charge is 0.370 e. The smallest absolute Gasteiger partial charge is 0.269 e. The van der Waals surface area contributed by atoms with Crippen molar-refractivity contribution in [2.75, 3.05) is 38.1 Å². The predicted octanol–water partition coefficient (Wildman–Crippen LogP) is 1.86. The lowest BCUT2D eigenvalue weighted by molar-refractivity contribution is 0.0958. The summed E-state index contributed by atoms with van der Waals surface area (Å²) in [7, 11) is 1.62. The number of rotatable bonds is 4. The molecule has 0 bridgehead atoms. The zero-order valence-corrected chi connectivity index (χ0v) is 18.8. The molecular weight excluding hydrogens is 404 g/mol. The molecule has 0 radical (unpaired) electrons. The number of pyridine rings is 1. The summed E-state index contributed by atoms with van der Waals surface area (Å²) in [4.78, 5) is 41.5. The number of nitrogens with one attached hydrogen (secondary N) is 2. The van der Waals surface area contributed by atoms with Crippen molar-refractivity contribution in [3.05, 3.63) is 51.5 Å². The van der Waals surface area contributed by atoms with Gasteiger partial charge in [-0.25, -0.2) is 9.97 Å². The van der Waals surface area contributed by atoms with Crippen molar-refractivity contribution in [3.63, 3.8) is 0 Å². The van der Waals surface area contributed by atoms with Crippen molar-refractivity contribution >= 4 is 11.6 Å². The van der Waals surface area contributed by atoms with Crippen LogP contribution in [-0.2, 0) is 12.8 Å². The maximum absolute atomic E-state index is 12.5. The zero-order chi connectivity index (χ0) is 22.1. The Morgan fingerprint density at radius 1 is 1.12 bits per heavy atom. The summed E-state index contributed by atoms with van der Waals surface area (Å²) in [6, 6.07) is 4.35. The molecule has 2 aromatic heterocycles. The summed E-state index contributed by atoms with van der Waals surface area (Å²) >= 11 is 0. The SMILES string of the molecule is CNC(=O)c1ccc(N2CCC(N3CCC(c4nc5c(c(=O)[nH]4)CCCC5)C3)CC2)cn1. The van der Waals surface area contributed by atoms with Gasteiger partial charge >= 0.3 is 0 Å². The van der Waals surface area contributed by atoms with E-state index in [1.807, 2.05) is 6.07 Å².